The number of nitrogens with two attached hydrogens (primary N) is 1. The van der Waals surface area contributed by atoms with E-state index in [4.69, 9.17) is 10.8 Å². The summed E-state index contributed by atoms with van der Waals surface area (Å²) in [6.07, 6.45) is -2.68. The van der Waals surface area contributed by atoms with Gasteiger partial charge in [0.15, 0.2) is 0 Å². The number of aliphatic hydroxyl groups excluding tert-OH is 2. The van der Waals surface area contributed by atoms with Crippen molar-refractivity contribution in [1.29, 1.82) is 0 Å². The normalized spacial score (nSPS) is 24.4. The van der Waals surface area contributed by atoms with E-state index < -0.39 is 60.1 Å². The Labute approximate surface area is 184 Å². The van der Waals surface area contributed by atoms with Crippen molar-refractivity contribution in [3.63, 3.8) is 0 Å². The van der Waals surface area contributed by atoms with Crippen molar-refractivity contribution < 1.29 is 39.3 Å². The lowest BCUT2D eigenvalue weighted by Crippen LogP contribution is -2.57. The first-order valence-corrected chi connectivity index (χ1v) is 10.5. The summed E-state index contributed by atoms with van der Waals surface area (Å²) in [7, 11) is 0. The standard InChI is InChI=1S/C19H31N5O8/c1-9(25)13(15(20)27)21-16(28)11-5-7-23(8-11)17(29)12-4-3-6-24(12)18(30)14(10(2)26)22-19(31)32/h9-14,22,25-26H,3-8H2,1-2H3,(H2,20,27)(H,21,28)(H,31,32)/t9-,10-,11-,12-,13+,14+/m1/s1. The SMILES string of the molecule is C[C@@H](O)[C@H](NC(=O)[C@@H]1CCN(C(=O)[C@H]2CCCN2C(=O)[C@@H](NC(=O)O)[C@@H](C)O)C1)C(N)=O. The van der Waals surface area contributed by atoms with E-state index in [0.29, 0.717) is 19.3 Å². The Kier molecular flexibility index (Phi) is 8.38. The molecule has 0 aromatic heterocycles. The first-order valence-electron chi connectivity index (χ1n) is 10.5. The van der Waals surface area contributed by atoms with Gasteiger partial charge in [0.25, 0.3) is 0 Å². The van der Waals surface area contributed by atoms with E-state index in [1.165, 1.54) is 23.6 Å². The molecule has 0 bridgehead atoms. The number of carboxylic acid groups (broad SMARTS) is 1. The summed E-state index contributed by atoms with van der Waals surface area (Å²) >= 11 is 0. The summed E-state index contributed by atoms with van der Waals surface area (Å²) in [5.74, 6) is -3.05. The van der Waals surface area contributed by atoms with Crippen LogP contribution in [0.25, 0.3) is 0 Å². The molecule has 0 unspecified atom stereocenters. The molecule has 2 saturated heterocycles. The van der Waals surface area contributed by atoms with E-state index in [-0.39, 0.29) is 25.5 Å². The van der Waals surface area contributed by atoms with E-state index >= 15 is 0 Å². The number of likely N-dealkylation sites (tertiary alicyclic amines) is 2. The second-order valence-electron chi connectivity index (χ2n) is 8.26. The molecule has 0 spiro atoms. The average molecular weight is 457 g/mol. The van der Waals surface area contributed by atoms with Crippen molar-refractivity contribution in [2.45, 2.75) is 63.4 Å². The van der Waals surface area contributed by atoms with Gasteiger partial charge in [0.2, 0.25) is 23.6 Å². The molecule has 2 rings (SSSR count). The molecule has 0 radical (unpaired) electrons. The molecule has 2 fully saturated rings. The smallest absolute Gasteiger partial charge is 0.405 e. The molecule has 32 heavy (non-hydrogen) atoms. The van der Waals surface area contributed by atoms with Crippen LogP contribution in [-0.2, 0) is 19.2 Å². The van der Waals surface area contributed by atoms with Crippen molar-refractivity contribution in [3.8, 4) is 0 Å². The molecule has 2 aliphatic rings. The van der Waals surface area contributed by atoms with E-state index in [1.54, 1.807) is 0 Å². The van der Waals surface area contributed by atoms with Crippen LogP contribution in [0.3, 0.4) is 0 Å². The number of aliphatic hydroxyl groups is 2. The van der Waals surface area contributed by atoms with Crippen LogP contribution in [0.15, 0.2) is 0 Å². The first kappa shape index (κ1) is 25.3. The highest BCUT2D eigenvalue weighted by Gasteiger charge is 2.43. The molecule has 180 valence electrons. The third kappa shape index (κ3) is 5.85. The van der Waals surface area contributed by atoms with Gasteiger partial charge < -0.3 is 41.5 Å². The average Bonchev–Trinajstić information content (AvgIpc) is 3.37. The van der Waals surface area contributed by atoms with Crippen molar-refractivity contribution in [2.75, 3.05) is 19.6 Å². The number of nitrogens with one attached hydrogen (secondary N) is 2. The quantitative estimate of drug-likeness (QED) is 0.224. The van der Waals surface area contributed by atoms with Gasteiger partial charge in [0, 0.05) is 19.6 Å². The molecule has 2 aliphatic heterocycles. The predicted molar refractivity (Wildman–Crippen MR) is 109 cm³/mol. The number of hydrogen-bond donors (Lipinski definition) is 6. The van der Waals surface area contributed by atoms with E-state index in [0.717, 1.165) is 0 Å². The minimum absolute atomic E-state index is 0.0711. The fourth-order valence-electron chi connectivity index (χ4n) is 4.07. The lowest BCUT2D eigenvalue weighted by molar-refractivity contribution is -0.145. The maximum absolute atomic E-state index is 13.1. The van der Waals surface area contributed by atoms with Gasteiger partial charge in [-0.15, -0.1) is 0 Å². The number of carbonyl (C=O) groups excluding carboxylic acids is 4. The molecule has 13 heteroatoms. The highest BCUT2D eigenvalue weighted by Crippen LogP contribution is 2.25. The van der Waals surface area contributed by atoms with E-state index in [9.17, 15) is 34.2 Å². The molecular formula is C19H31N5O8. The monoisotopic (exact) mass is 457 g/mol. The third-order valence-electron chi connectivity index (χ3n) is 5.81. The Morgan fingerprint density at radius 1 is 0.969 bits per heavy atom. The Morgan fingerprint density at radius 2 is 1.59 bits per heavy atom. The molecule has 6 atom stereocenters. The van der Waals surface area contributed by atoms with Crippen LogP contribution in [0, 0.1) is 5.92 Å². The topological polar surface area (TPSA) is 203 Å². The van der Waals surface area contributed by atoms with Crippen molar-refractivity contribution >= 4 is 29.7 Å². The highest BCUT2D eigenvalue weighted by atomic mass is 16.4. The molecule has 7 N–H and O–H groups in total. The summed E-state index contributed by atoms with van der Waals surface area (Å²) in [5, 5.41) is 32.7. The molecule has 0 aromatic rings. The first-order chi connectivity index (χ1) is 14.9. The van der Waals surface area contributed by atoms with Crippen LogP contribution < -0.4 is 16.4 Å². The predicted octanol–water partition coefficient (Wildman–Crippen LogP) is -2.81. The van der Waals surface area contributed by atoms with Gasteiger partial charge in [-0.1, -0.05) is 0 Å². The fourth-order valence-corrected chi connectivity index (χ4v) is 4.07. The maximum Gasteiger partial charge on any atom is 0.405 e. The summed E-state index contributed by atoms with van der Waals surface area (Å²) in [6.45, 7) is 3.18. The van der Waals surface area contributed by atoms with Crippen LogP contribution >= 0.6 is 0 Å². The summed E-state index contributed by atoms with van der Waals surface area (Å²) < 4.78 is 0. The minimum Gasteiger partial charge on any atom is -0.465 e. The van der Waals surface area contributed by atoms with Crippen LogP contribution in [0.1, 0.15) is 33.1 Å². The molecule has 0 aromatic carbocycles. The van der Waals surface area contributed by atoms with Crippen LogP contribution in [0.5, 0.6) is 0 Å². The van der Waals surface area contributed by atoms with Crippen LogP contribution in [0.2, 0.25) is 0 Å². The summed E-state index contributed by atoms with van der Waals surface area (Å²) in [5.41, 5.74) is 5.19. The van der Waals surface area contributed by atoms with Crippen molar-refractivity contribution in [1.82, 2.24) is 20.4 Å². The Morgan fingerprint density at radius 3 is 2.12 bits per heavy atom. The Balaban J connectivity index is 2.03. The van der Waals surface area contributed by atoms with Crippen LogP contribution in [0.4, 0.5) is 4.79 Å². The van der Waals surface area contributed by atoms with E-state index in [2.05, 4.69) is 5.32 Å². The second-order valence-corrected chi connectivity index (χ2v) is 8.26. The third-order valence-corrected chi connectivity index (χ3v) is 5.81. The molecule has 2 heterocycles. The summed E-state index contributed by atoms with van der Waals surface area (Å²) in [4.78, 5) is 63.4. The molecule has 0 aliphatic carbocycles. The zero-order valence-electron chi connectivity index (χ0n) is 18.1. The largest absolute Gasteiger partial charge is 0.465 e. The van der Waals surface area contributed by atoms with Gasteiger partial charge in [-0.05, 0) is 33.1 Å². The number of hydrogen-bond acceptors (Lipinski definition) is 7. The van der Waals surface area contributed by atoms with Gasteiger partial charge in [-0.25, -0.2) is 4.79 Å². The number of rotatable bonds is 8. The maximum atomic E-state index is 13.1. The number of primary amides is 1. The highest BCUT2D eigenvalue weighted by molar-refractivity contribution is 5.93. The van der Waals surface area contributed by atoms with Crippen molar-refractivity contribution in [2.24, 2.45) is 11.7 Å². The zero-order valence-corrected chi connectivity index (χ0v) is 18.1. The van der Waals surface area contributed by atoms with Crippen LogP contribution in [-0.4, -0.2) is 105 Å². The lowest BCUT2D eigenvalue weighted by Gasteiger charge is -2.31. The molecular weight excluding hydrogens is 426 g/mol. The van der Waals surface area contributed by atoms with Gasteiger partial charge >= 0.3 is 6.09 Å². The van der Waals surface area contributed by atoms with E-state index in [1.807, 2.05) is 5.32 Å². The van der Waals surface area contributed by atoms with Gasteiger partial charge in [-0.3, -0.25) is 19.2 Å². The van der Waals surface area contributed by atoms with Gasteiger partial charge in [0.05, 0.1) is 18.1 Å². The molecule has 13 nitrogen and oxygen atoms in total. The molecule has 5 amide bonds. The zero-order chi connectivity index (χ0) is 24.2. The Hall–Kier alpha value is -2.93. The lowest BCUT2D eigenvalue weighted by atomic mass is 10.1. The van der Waals surface area contributed by atoms with Gasteiger partial charge in [0.1, 0.15) is 18.1 Å². The Bertz CT molecular complexity index is 758. The van der Waals surface area contributed by atoms with Crippen molar-refractivity contribution in [3.05, 3.63) is 0 Å². The minimum atomic E-state index is -1.47. The fraction of sp³-hybridized carbons (Fsp3) is 0.737. The van der Waals surface area contributed by atoms with Gasteiger partial charge in [-0.2, -0.15) is 0 Å². The summed E-state index contributed by atoms with van der Waals surface area (Å²) in [6, 6.07) is -3.46. The molecule has 0 saturated carbocycles. The number of carbonyl (C=O) groups is 5. The number of amides is 5. The second kappa shape index (κ2) is 10.6. The number of nitrogens with zero attached hydrogens (tertiary/aromatic N) is 2.